The fraction of sp³-hybridized carbons (Fsp3) is 0.692. The van der Waals surface area contributed by atoms with Gasteiger partial charge in [-0.2, -0.15) is 11.3 Å². The van der Waals surface area contributed by atoms with Gasteiger partial charge in [0, 0.05) is 6.54 Å². The quantitative estimate of drug-likeness (QED) is 0.794. The predicted molar refractivity (Wildman–Crippen MR) is 72.7 cm³/mol. The normalized spacial score (nSPS) is 12.3. The topological polar surface area (TPSA) is 29.3 Å². The van der Waals surface area contributed by atoms with Crippen molar-refractivity contribution in [2.24, 2.45) is 11.1 Å². The summed E-state index contributed by atoms with van der Waals surface area (Å²) < 4.78 is 0. The fourth-order valence-corrected chi connectivity index (χ4v) is 2.36. The van der Waals surface area contributed by atoms with Crippen LogP contribution in [0.15, 0.2) is 16.8 Å². The number of hydrogen-bond acceptors (Lipinski definition) is 3. The lowest BCUT2D eigenvalue weighted by molar-refractivity contribution is 0.273. The van der Waals surface area contributed by atoms with E-state index in [-0.39, 0.29) is 0 Å². The van der Waals surface area contributed by atoms with Crippen molar-refractivity contribution in [2.75, 3.05) is 20.1 Å². The van der Waals surface area contributed by atoms with Crippen LogP contribution in [-0.4, -0.2) is 25.0 Å². The minimum absolute atomic E-state index is 0.295. The summed E-state index contributed by atoms with van der Waals surface area (Å²) in [4.78, 5) is 2.38. The highest BCUT2D eigenvalue weighted by molar-refractivity contribution is 7.07. The van der Waals surface area contributed by atoms with E-state index in [1.54, 1.807) is 11.3 Å². The minimum atomic E-state index is 0.295. The third-order valence-corrected chi connectivity index (χ3v) is 3.71. The molecule has 1 rings (SSSR count). The van der Waals surface area contributed by atoms with Crippen LogP contribution < -0.4 is 5.73 Å². The Morgan fingerprint density at radius 2 is 2.19 bits per heavy atom. The predicted octanol–water partition coefficient (Wildman–Crippen LogP) is 2.95. The number of rotatable bonds is 7. The van der Waals surface area contributed by atoms with Gasteiger partial charge in [0.15, 0.2) is 0 Å². The molecule has 0 bridgehead atoms. The van der Waals surface area contributed by atoms with Crippen molar-refractivity contribution in [3.63, 3.8) is 0 Å². The van der Waals surface area contributed by atoms with Crippen molar-refractivity contribution in [3.05, 3.63) is 22.4 Å². The van der Waals surface area contributed by atoms with Crippen molar-refractivity contribution in [3.8, 4) is 0 Å². The zero-order valence-corrected chi connectivity index (χ0v) is 11.5. The highest BCUT2D eigenvalue weighted by atomic mass is 32.1. The van der Waals surface area contributed by atoms with Crippen molar-refractivity contribution in [1.82, 2.24) is 4.90 Å². The molecule has 0 saturated carbocycles. The molecule has 2 N–H and O–H groups in total. The molecular weight excluding hydrogens is 216 g/mol. The number of thiophene rings is 1. The molecule has 3 heteroatoms. The zero-order valence-electron chi connectivity index (χ0n) is 10.7. The van der Waals surface area contributed by atoms with E-state index in [0.717, 1.165) is 19.6 Å². The van der Waals surface area contributed by atoms with E-state index in [1.165, 1.54) is 18.4 Å². The molecule has 1 aromatic rings. The Morgan fingerprint density at radius 1 is 1.44 bits per heavy atom. The summed E-state index contributed by atoms with van der Waals surface area (Å²) in [6.45, 7) is 7.48. The van der Waals surface area contributed by atoms with Gasteiger partial charge in [0.05, 0.1) is 0 Å². The second-order valence-corrected chi connectivity index (χ2v) is 6.12. The molecule has 0 fully saturated rings. The molecule has 0 saturated heterocycles. The van der Waals surface area contributed by atoms with Crippen molar-refractivity contribution >= 4 is 11.3 Å². The van der Waals surface area contributed by atoms with E-state index < -0.39 is 0 Å². The van der Waals surface area contributed by atoms with E-state index in [0.29, 0.717) is 5.41 Å². The van der Waals surface area contributed by atoms with Gasteiger partial charge in [0.1, 0.15) is 0 Å². The average Bonchev–Trinajstić information content (AvgIpc) is 2.70. The van der Waals surface area contributed by atoms with E-state index >= 15 is 0 Å². The van der Waals surface area contributed by atoms with Crippen LogP contribution in [0.2, 0.25) is 0 Å². The molecule has 1 aromatic heterocycles. The molecular formula is C13H24N2S. The van der Waals surface area contributed by atoms with Crippen LogP contribution in [0.3, 0.4) is 0 Å². The Morgan fingerprint density at radius 3 is 2.75 bits per heavy atom. The van der Waals surface area contributed by atoms with Crippen molar-refractivity contribution in [1.29, 1.82) is 0 Å². The summed E-state index contributed by atoms with van der Waals surface area (Å²) in [5.41, 5.74) is 7.44. The van der Waals surface area contributed by atoms with E-state index in [4.69, 9.17) is 5.73 Å². The van der Waals surface area contributed by atoms with Crippen molar-refractivity contribution < 1.29 is 0 Å². The lowest BCUT2D eigenvalue weighted by Gasteiger charge is -2.24. The van der Waals surface area contributed by atoms with Crippen LogP contribution in [0.1, 0.15) is 32.3 Å². The third-order valence-electron chi connectivity index (χ3n) is 2.98. The monoisotopic (exact) mass is 240 g/mol. The molecule has 0 aliphatic rings. The Labute approximate surface area is 103 Å². The van der Waals surface area contributed by atoms with Crippen LogP contribution in [0, 0.1) is 5.41 Å². The maximum Gasteiger partial charge on any atom is 0.0238 e. The smallest absolute Gasteiger partial charge is 0.0238 e. The van der Waals surface area contributed by atoms with Gasteiger partial charge in [-0.1, -0.05) is 13.8 Å². The summed E-state index contributed by atoms with van der Waals surface area (Å²) in [6.07, 6.45) is 2.43. The summed E-state index contributed by atoms with van der Waals surface area (Å²) in [6, 6.07) is 2.20. The van der Waals surface area contributed by atoms with Crippen LogP contribution in [0.5, 0.6) is 0 Å². The molecule has 92 valence electrons. The van der Waals surface area contributed by atoms with Gasteiger partial charge in [-0.05, 0) is 60.8 Å². The molecule has 0 atom stereocenters. The lowest BCUT2D eigenvalue weighted by atomic mass is 9.88. The minimum Gasteiger partial charge on any atom is -0.330 e. The Balaban J connectivity index is 2.18. The van der Waals surface area contributed by atoms with Gasteiger partial charge < -0.3 is 10.6 Å². The van der Waals surface area contributed by atoms with Gasteiger partial charge in [0.2, 0.25) is 0 Å². The SMILES string of the molecule is CN(CCCC(C)(C)CN)Cc1ccsc1. The summed E-state index contributed by atoms with van der Waals surface area (Å²) in [5, 5.41) is 4.36. The second-order valence-electron chi connectivity index (χ2n) is 5.34. The molecule has 0 aliphatic carbocycles. The van der Waals surface area contributed by atoms with Gasteiger partial charge in [0.25, 0.3) is 0 Å². The maximum absolute atomic E-state index is 5.72. The molecule has 0 aromatic carbocycles. The standard InChI is InChI=1S/C13H24N2S/c1-13(2,11-14)6-4-7-15(3)9-12-5-8-16-10-12/h5,8,10H,4,6-7,9,11,14H2,1-3H3. The molecule has 0 spiro atoms. The largest absolute Gasteiger partial charge is 0.330 e. The fourth-order valence-electron chi connectivity index (χ4n) is 1.70. The summed E-state index contributed by atoms with van der Waals surface area (Å²) in [7, 11) is 2.19. The number of hydrogen-bond donors (Lipinski definition) is 1. The van der Waals surface area contributed by atoms with E-state index in [2.05, 4.69) is 42.6 Å². The lowest BCUT2D eigenvalue weighted by Crippen LogP contribution is -2.26. The van der Waals surface area contributed by atoms with Gasteiger partial charge >= 0.3 is 0 Å². The first-order chi connectivity index (χ1) is 7.53. The summed E-state index contributed by atoms with van der Waals surface area (Å²) in [5.74, 6) is 0. The molecule has 1 heterocycles. The maximum atomic E-state index is 5.72. The first-order valence-electron chi connectivity index (χ1n) is 5.93. The van der Waals surface area contributed by atoms with Gasteiger partial charge in [-0.15, -0.1) is 0 Å². The molecule has 0 amide bonds. The number of nitrogens with zero attached hydrogens (tertiary/aromatic N) is 1. The first kappa shape index (κ1) is 13.7. The molecule has 2 nitrogen and oxygen atoms in total. The molecule has 0 aliphatic heterocycles. The Kier molecular flexibility index (Phi) is 5.46. The molecule has 16 heavy (non-hydrogen) atoms. The Hall–Kier alpha value is -0.380. The highest BCUT2D eigenvalue weighted by Crippen LogP contribution is 2.20. The van der Waals surface area contributed by atoms with Gasteiger partial charge in [-0.3, -0.25) is 0 Å². The van der Waals surface area contributed by atoms with Crippen LogP contribution >= 0.6 is 11.3 Å². The first-order valence-corrected chi connectivity index (χ1v) is 6.87. The van der Waals surface area contributed by atoms with Crippen molar-refractivity contribution in [2.45, 2.75) is 33.2 Å². The van der Waals surface area contributed by atoms with Crippen LogP contribution in [0.4, 0.5) is 0 Å². The van der Waals surface area contributed by atoms with Crippen LogP contribution in [-0.2, 0) is 6.54 Å². The van der Waals surface area contributed by atoms with Crippen LogP contribution in [0.25, 0.3) is 0 Å². The molecule has 0 unspecified atom stereocenters. The molecule has 0 radical (unpaired) electrons. The van der Waals surface area contributed by atoms with E-state index in [1.807, 2.05) is 0 Å². The average molecular weight is 240 g/mol. The highest BCUT2D eigenvalue weighted by Gasteiger charge is 2.14. The second kappa shape index (κ2) is 6.38. The third kappa shape index (κ3) is 5.10. The summed E-state index contributed by atoms with van der Waals surface area (Å²) >= 11 is 1.77. The zero-order chi connectivity index (χ0) is 12.0. The number of nitrogens with two attached hydrogens (primary N) is 1. The van der Waals surface area contributed by atoms with E-state index in [9.17, 15) is 0 Å². The van der Waals surface area contributed by atoms with Gasteiger partial charge in [-0.25, -0.2) is 0 Å². The Bertz CT molecular complexity index is 280.